The fraction of sp³-hybridized carbons (Fsp3) is 0.150. The number of non-ortho nitro benzene ring substituents is 1. The van der Waals surface area contributed by atoms with Crippen LogP contribution >= 0.6 is 0 Å². The molecule has 0 atom stereocenters. The number of hydrogen-bond donors (Lipinski definition) is 0. The van der Waals surface area contributed by atoms with Crippen molar-refractivity contribution in [2.24, 2.45) is 0 Å². The van der Waals surface area contributed by atoms with Crippen molar-refractivity contribution in [2.45, 2.75) is 11.8 Å². The van der Waals surface area contributed by atoms with E-state index >= 15 is 0 Å². The predicted molar refractivity (Wildman–Crippen MR) is 108 cm³/mol. The first-order chi connectivity index (χ1) is 13.8. The maximum Gasteiger partial charge on any atom is 0.326 e. The molecular formula is C20H18N2O6S. The Morgan fingerprint density at radius 3 is 2.34 bits per heavy atom. The van der Waals surface area contributed by atoms with Gasteiger partial charge >= 0.3 is 5.97 Å². The Morgan fingerprint density at radius 1 is 1.03 bits per heavy atom. The van der Waals surface area contributed by atoms with Crippen molar-refractivity contribution in [3.05, 3.63) is 76.8 Å². The van der Waals surface area contributed by atoms with E-state index in [4.69, 9.17) is 4.74 Å². The van der Waals surface area contributed by atoms with Crippen molar-refractivity contribution < 1.29 is 22.9 Å². The van der Waals surface area contributed by atoms with Crippen molar-refractivity contribution >= 4 is 38.1 Å². The largest absolute Gasteiger partial charge is 0.465 e. The van der Waals surface area contributed by atoms with E-state index in [1.165, 1.54) is 30.3 Å². The quantitative estimate of drug-likeness (QED) is 0.333. The Labute approximate surface area is 167 Å². The zero-order chi connectivity index (χ0) is 21.0. The highest BCUT2D eigenvalue weighted by Crippen LogP contribution is 2.30. The summed E-state index contributed by atoms with van der Waals surface area (Å²) in [6.07, 6.45) is 0. The third-order valence-electron chi connectivity index (χ3n) is 4.24. The number of ether oxygens (including phenoxy) is 1. The van der Waals surface area contributed by atoms with E-state index < -0.39 is 27.5 Å². The maximum absolute atomic E-state index is 13.5. The highest BCUT2D eigenvalue weighted by atomic mass is 32.2. The van der Waals surface area contributed by atoms with Crippen LogP contribution in [0.15, 0.2) is 71.6 Å². The van der Waals surface area contributed by atoms with Gasteiger partial charge in [-0.1, -0.05) is 36.4 Å². The van der Waals surface area contributed by atoms with Gasteiger partial charge < -0.3 is 4.74 Å². The summed E-state index contributed by atoms with van der Waals surface area (Å²) in [4.78, 5) is 22.5. The lowest BCUT2D eigenvalue weighted by molar-refractivity contribution is -0.384. The molecule has 0 radical (unpaired) electrons. The van der Waals surface area contributed by atoms with Gasteiger partial charge in [0, 0.05) is 17.5 Å². The summed E-state index contributed by atoms with van der Waals surface area (Å²) in [6.45, 7) is 1.16. The van der Waals surface area contributed by atoms with Crippen LogP contribution in [0.5, 0.6) is 0 Å². The number of nitro groups is 1. The zero-order valence-electron chi connectivity index (χ0n) is 15.5. The van der Waals surface area contributed by atoms with Crippen LogP contribution in [0.4, 0.5) is 11.4 Å². The van der Waals surface area contributed by atoms with E-state index in [2.05, 4.69) is 0 Å². The number of fused-ring (bicyclic) bond motifs is 1. The molecule has 0 aliphatic rings. The first-order valence-corrected chi connectivity index (χ1v) is 10.2. The molecule has 0 bridgehead atoms. The summed E-state index contributed by atoms with van der Waals surface area (Å²) in [7, 11) is -4.16. The molecular weight excluding hydrogens is 396 g/mol. The van der Waals surface area contributed by atoms with Crippen molar-refractivity contribution in [2.75, 3.05) is 17.5 Å². The van der Waals surface area contributed by atoms with Gasteiger partial charge in [-0.15, -0.1) is 0 Å². The number of nitrogens with zero attached hydrogens (tertiary/aromatic N) is 2. The van der Waals surface area contributed by atoms with Gasteiger partial charge in [0.25, 0.3) is 15.7 Å². The van der Waals surface area contributed by atoms with Crippen molar-refractivity contribution in [3.63, 3.8) is 0 Å². The molecule has 0 spiro atoms. The first-order valence-electron chi connectivity index (χ1n) is 8.75. The Balaban J connectivity index is 2.13. The van der Waals surface area contributed by atoms with Crippen LogP contribution in [-0.2, 0) is 19.6 Å². The number of nitro benzene ring substituents is 1. The lowest BCUT2D eigenvalue weighted by Gasteiger charge is -2.24. The molecule has 8 nitrogen and oxygen atoms in total. The van der Waals surface area contributed by atoms with Crippen LogP contribution in [0.1, 0.15) is 6.92 Å². The maximum atomic E-state index is 13.5. The molecule has 0 amide bonds. The van der Waals surface area contributed by atoms with Gasteiger partial charge in [-0.05, 0) is 30.5 Å². The van der Waals surface area contributed by atoms with E-state index in [-0.39, 0.29) is 22.9 Å². The lowest BCUT2D eigenvalue weighted by Crippen LogP contribution is -2.36. The second-order valence-electron chi connectivity index (χ2n) is 6.07. The molecule has 0 saturated carbocycles. The van der Waals surface area contributed by atoms with Crippen molar-refractivity contribution in [1.82, 2.24) is 0 Å². The Kier molecular flexibility index (Phi) is 5.79. The minimum Gasteiger partial charge on any atom is -0.465 e. The highest BCUT2D eigenvalue weighted by Gasteiger charge is 2.29. The molecule has 0 heterocycles. The molecule has 0 aliphatic carbocycles. The number of anilines is 1. The molecule has 0 fully saturated rings. The molecule has 3 rings (SSSR count). The summed E-state index contributed by atoms with van der Waals surface area (Å²) in [5, 5.41) is 12.1. The van der Waals surface area contributed by atoms with Crippen LogP contribution in [0.3, 0.4) is 0 Å². The molecule has 150 valence electrons. The number of rotatable bonds is 7. The number of sulfonamides is 1. The second kappa shape index (κ2) is 8.27. The summed E-state index contributed by atoms with van der Waals surface area (Å²) in [6, 6.07) is 16.8. The average molecular weight is 414 g/mol. The van der Waals surface area contributed by atoms with Gasteiger partial charge in [0.05, 0.1) is 22.1 Å². The standard InChI is InChI=1S/C20H18N2O6S/c1-2-28-20(23)14-21(16-10-12-17(13-11-16)22(24)25)29(26,27)19-9-5-7-15-6-3-4-8-18(15)19/h3-13H,2,14H2,1H3. The third-order valence-corrected chi connectivity index (χ3v) is 6.08. The fourth-order valence-corrected chi connectivity index (χ4v) is 4.55. The van der Waals surface area contributed by atoms with Gasteiger partial charge in [-0.3, -0.25) is 19.2 Å². The van der Waals surface area contributed by atoms with Gasteiger partial charge in [0.15, 0.2) is 0 Å². The van der Waals surface area contributed by atoms with E-state index in [0.717, 1.165) is 9.69 Å². The summed E-state index contributed by atoms with van der Waals surface area (Å²) >= 11 is 0. The number of carbonyl (C=O) groups is 1. The van der Waals surface area contributed by atoms with E-state index in [0.29, 0.717) is 5.39 Å². The second-order valence-corrected chi connectivity index (χ2v) is 7.90. The number of carbonyl (C=O) groups excluding carboxylic acids is 1. The minimum absolute atomic E-state index is 0.0262. The molecule has 29 heavy (non-hydrogen) atoms. The monoisotopic (exact) mass is 414 g/mol. The summed E-state index contributed by atoms with van der Waals surface area (Å²) < 4.78 is 32.8. The summed E-state index contributed by atoms with van der Waals surface area (Å²) in [5.41, 5.74) is -0.0658. The van der Waals surface area contributed by atoms with Crippen LogP contribution in [0.25, 0.3) is 10.8 Å². The third kappa shape index (κ3) is 4.19. The van der Waals surface area contributed by atoms with Gasteiger partial charge in [0.1, 0.15) is 6.54 Å². The van der Waals surface area contributed by atoms with Crippen molar-refractivity contribution in [3.8, 4) is 0 Å². The lowest BCUT2D eigenvalue weighted by atomic mass is 10.1. The topological polar surface area (TPSA) is 107 Å². The van der Waals surface area contributed by atoms with E-state index in [1.54, 1.807) is 43.3 Å². The van der Waals surface area contributed by atoms with Crippen LogP contribution in [0.2, 0.25) is 0 Å². The number of hydrogen-bond acceptors (Lipinski definition) is 6. The molecule has 0 N–H and O–H groups in total. The summed E-state index contributed by atoms with van der Waals surface area (Å²) in [5.74, 6) is -0.727. The van der Waals surface area contributed by atoms with Gasteiger partial charge in [-0.2, -0.15) is 0 Å². The average Bonchev–Trinajstić information content (AvgIpc) is 2.71. The van der Waals surface area contributed by atoms with Gasteiger partial charge in [-0.25, -0.2) is 8.42 Å². The molecule has 0 aliphatic heterocycles. The van der Waals surface area contributed by atoms with Crippen LogP contribution in [0, 0.1) is 10.1 Å². The fourth-order valence-electron chi connectivity index (χ4n) is 2.92. The Hall–Kier alpha value is -3.46. The number of esters is 1. The van der Waals surface area contributed by atoms with E-state index in [9.17, 15) is 23.3 Å². The predicted octanol–water partition coefficient (Wildman–Crippen LogP) is 3.51. The highest BCUT2D eigenvalue weighted by molar-refractivity contribution is 7.93. The molecule has 3 aromatic carbocycles. The van der Waals surface area contributed by atoms with Crippen LogP contribution in [-0.4, -0.2) is 32.5 Å². The normalized spacial score (nSPS) is 11.2. The molecule has 0 saturated heterocycles. The number of benzene rings is 3. The zero-order valence-corrected chi connectivity index (χ0v) is 16.3. The molecule has 9 heteroatoms. The first kappa shape index (κ1) is 20.3. The van der Waals surface area contributed by atoms with Gasteiger partial charge in [0.2, 0.25) is 0 Å². The van der Waals surface area contributed by atoms with E-state index in [1.807, 2.05) is 0 Å². The molecule has 3 aromatic rings. The van der Waals surface area contributed by atoms with Crippen molar-refractivity contribution in [1.29, 1.82) is 0 Å². The molecule has 0 aromatic heterocycles. The SMILES string of the molecule is CCOC(=O)CN(c1ccc([N+](=O)[O-])cc1)S(=O)(=O)c1cccc2ccccc12. The Morgan fingerprint density at radius 2 is 1.69 bits per heavy atom. The molecule has 0 unspecified atom stereocenters. The smallest absolute Gasteiger partial charge is 0.326 e. The van der Waals surface area contributed by atoms with Crippen LogP contribution < -0.4 is 4.31 Å². The minimum atomic E-state index is -4.16. The Bertz CT molecular complexity index is 1150.